The van der Waals surface area contributed by atoms with Gasteiger partial charge in [-0.25, -0.2) is 9.97 Å². The number of hydrogen-bond acceptors (Lipinski definition) is 5. The molecule has 0 spiro atoms. The first-order valence-corrected chi connectivity index (χ1v) is 9.87. The second-order valence-corrected chi connectivity index (χ2v) is 7.36. The molecule has 3 aromatic rings. The number of nitriles is 1. The van der Waals surface area contributed by atoms with Crippen LogP contribution in [0.1, 0.15) is 46.2 Å². The van der Waals surface area contributed by atoms with Crippen LogP contribution in [0.2, 0.25) is 0 Å². The van der Waals surface area contributed by atoms with Crippen LogP contribution in [0.25, 0.3) is 0 Å². The molecule has 1 aliphatic heterocycles. The van der Waals surface area contributed by atoms with Gasteiger partial charge in [0.05, 0.1) is 34.9 Å². The first kappa shape index (κ1) is 17.4. The molecule has 136 valence electrons. The van der Waals surface area contributed by atoms with Crippen LogP contribution in [0.15, 0.2) is 47.5 Å². The molecule has 0 bridgehead atoms. The van der Waals surface area contributed by atoms with Crippen molar-refractivity contribution in [1.82, 2.24) is 19.4 Å². The molecular formula is C20H19N5OS. The summed E-state index contributed by atoms with van der Waals surface area (Å²) in [7, 11) is 0. The predicted molar refractivity (Wildman–Crippen MR) is 102 cm³/mol. The fraction of sp³-hybridized carbons (Fsp3) is 0.300. The van der Waals surface area contributed by atoms with Crippen LogP contribution in [-0.4, -0.2) is 38.4 Å². The van der Waals surface area contributed by atoms with Crippen LogP contribution >= 0.6 is 11.3 Å². The lowest BCUT2D eigenvalue weighted by Crippen LogP contribution is -2.40. The molecule has 0 radical (unpaired) electrons. The van der Waals surface area contributed by atoms with Crippen LogP contribution in [-0.2, 0) is 6.54 Å². The molecule has 1 amide bonds. The van der Waals surface area contributed by atoms with E-state index in [9.17, 15) is 10.1 Å². The fourth-order valence-corrected chi connectivity index (χ4v) is 4.16. The van der Waals surface area contributed by atoms with Crippen molar-refractivity contribution in [3.8, 4) is 6.07 Å². The first-order valence-electron chi connectivity index (χ1n) is 8.92. The number of benzene rings is 1. The van der Waals surface area contributed by atoms with E-state index in [1.54, 1.807) is 35.6 Å². The number of rotatable bonds is 4. The molecule has 0 saturated carbocycles. The molecule has 2 aromatic heterocycles. The Morgan fingerprint density at radius 2 is 2.22 bits per heavy atom. The van der Waals surface area contributed by atoms with Crippen molar-refractivity contribution in [1.29, 1.82) is 5.26 Å². The Morgan fingerprint density at radius 1 is 1.33 bits per heavy atom. The Morgan fingerprint density at radius 3 is 3.04 bits per heavy atom. The zero-order chi connectivity index (χ0) is 18.6. The molecule has 4 rings (SSSR count). The van der Waals surface area contributed by atoms with Crippen molar-refractivity contribution in [3.63, 3.8) is 0 Å². The molecule has 27 heavy (non-hydrogen) atoms. The molecule has 0 aliphatic carbocycles. The van der Waals surface area contributed by atoms with Crippen LogP contribution < -0.4 is 0 Å². The average molecular weight is 377 g/mol. The lowest BCUT2D eigenvalue weighted by molar-refractivity contribution is 0.0703. The van der Waals surface area contributed by atoms with E-state index in [0.29, 0.717) is 30.8 Å². The van der Waals surface area contributed by atoms with Gasteiger partial charge in [-0.3, -0.25) is 4.79 Å². The highest BCUT2D eigenvalue weighted by atomic mass is 32.1. The molecule has 6 nitrogen and oxygen atoms in total. The van der Waals surface area contributed by atoms with Gasteiger partial charge in [0, 0.05) is 36.8 Å². The number of amides is 1. The molecular weight excluding hydrogens is 358 g/mol. The smallest absolute Gasteiger partial charge is 0.255 e. The monoisotopic (exact) mass is 377 g/mol. The Balaban J connectivity index is 1.53. The van der Waals surface area contributed by atoms with Crippen LogP contribution in [0.4, 0.5) is 0 Å². The zero-order valence-corrected chi connectivity index (χ0v) is 15.6. The number of thiazole rings is 1. The van der Waals surface area contributed by atoms with Gasteiger partial charge in [-0.2, -0.15) is 5.26 Å². The number of carbonyl (C=O) groups is 1. The van der Waals surface area contributed by atoms with Crippen molar-refractivity contribution in [2.24, 2.45) is 0 Å². The SMILES string of the molecule is N#Cc1ccccc1C(=O)N1CCCC(c2nccn2Cc2cscn2)C1. The Labute approximate surface area is 161 Å². The maximum Gasteiger partial charge on any atom is 0.255 e. The molecule has 1 saturated heterocycles. The van der Waals surface area contributed by atoms with Crippen LogP contribution in [0.3, 0.4) is 0 Å². The summed E-state index contributed by atoms with van der Waals surface area (Å²) in [5.41, 5.74) is 3.76. The van der Waals surface area contributed by atoms with Gasteiger partial charge in [0.15, 0.2) is 0 Å². The zero-order valence-electron chi connectivity index (χ0n) is 14.8. The van der Waals surface area contributed by atoms with Crippen LogP contribution in [0.5, 0.6) is 0 Å². The molecule has 1 unspecified atom stereocenters. The van der Waals surface area contributed by atoms with E-state index in [1.165, 1.54) is 0 Å². The normalized spacial score (nSPS) is 16.9. The molecule has 7 heteroatoms. The van der Waals surface area contributed by atoms with Crippen molar-refractivity contribution >= 4 is 17.2 Å². The highest BCUT2D eigenvalue weighted by molar-refractivity contribution is 7.07. The van der Waals surface area contributed by atoms with Gasteiger partial charge in [-0.05, 0) is 25.0 Å². The topological polar surface area (TPSA) is 74.8 Å². The van der Waals surface area contributed by atoms with Gasteiger partial charge >= 0.3 is 0 Å². The third kappa shape index (κ3) is 3.62. The summed E-state index contributed by atoms with van der Waals surface area (Å²) < 4.78 is 2.12. The van der Waals surface area contributed by atoms with E-state index in [0.717, 1.165) is 24.4 Å². The first-order chi connectivity index (χ1) is 13.3. The summed E-state index contributed by atoms with van der Waals surface area (Å²) in [5, 5.41) is 11.3. The van der Waals surface area contributed by atoms with Gasteiger partial charge in [0.1, 0.15) is 5.82 Å². The number of nitrogens with zero attached hydrogens (tertiary/aromatic N) is 5. The largest absolute Gasteiger partial charge is 0.338 e. The van der Waals surface area contributed by atoms with E-state index >= 15 is 0 Å². The summed E-state index contributed by atoms with van der Waals surface area (Å²) >= 11 is 1.58. The lowest BCUT2D eigenvalue weighted by Gasteiger charge is -2.33. The fourth-order valence-electron chi connectivity index (χ4n) is 3.61. The summed E-state index contributed by atoms with van der Waals surface area (Å²) in [5.74, 6) is 1.11. The van der Waals surface area contributed by atoms with Gasteiger partial charge in [0.25, 0.3) is 5.91 Å². The Hall–Kier alpha value is -2.98. The van der Waals surface area contributed by atoms with Crippen molar-refractivity contribution in [3.05, 3.63) is 70.2 Å². The van der Waals surface area contributed by atoms with Gasteiger partial charge in [-0.1, -0.05) is 12.1 Å². The average Bonchev–Trinajstić information content (AvgIpc) is 3.40. The van der Waals surface area contributed by atoms with E-state index in [1.807, 2.05) is 28.2 Å². The Bertz CT molecular complexity index is 972. The van der Waals surface area contributed by atoms with Gasteiger partial charge in [-0.15, -0.1) is 11.3 Å². The van der Waals surface area contributed by atoms with Gasteiger partial charge < -0.3 is 9.47 Å². The minimum Gasteiger partial charge on any atom is -0.338 e. The van der Waals surface area contributed by atoms with Crippen LogP contribution in [0, 0.1) is 11.3 Å². The summed E-state index contributed by atoms with van der Waals surface area (Å²) in [6.07, 6.45) is 5.71. The maximum atomic E-state index is 13.0. The minimum atomic E-state index is -0.0746. The second kappa shape index (κ2) is 7.72. The summed E-state index contributed by atoms with van der Waals surface area (Å²) in [6, 6.07) is 9.12. The number of aromatic nitrogens is 3. The third-order valence-electron chi connectivity index (χ3n) is 4.92. The van der Waals surface area contributed by atoms with Crippen molar-refractivity contribution in [2.75, 3.05) is 13.1 Å². The highest BCUT2D eigenvalue weighted by Gasteiger charge is 2.29. The molecule has 1 fully saturated rings. The predicted octanol–water partition coefficient (Wildman–Crippen LogP) is 3.28. The highest BCUT2D eigenvalue weighted by Crippen LogP contribution is 2.27. The number of piperidine rings is 1. The molecule has 1 aromatic carbocycles. The van der Waals surface area contributed by atoms with Crippen molar-refractivity contribution in [2.45, 2.75) is 25.3 Å². The molecule has 1 atom stereocenters. The number of likely N-dealkylation sites (tertiary alicyclic amines) is 1. The lowest BCUT2D eigenvalue weighted by atomic mass is 9.96. The molecule has 0 N–H and O–H groups in total. The quantitative estimate of drug-likeness (QED) is 0.699. The number of imidazole rings is 1. The standard InChI is InChI=1S/C20H19N5OS/c21-10-15-4-1-2-6-18(15)20(26)25-8-3-5-16(11-25)19-22-7-9-24(19)12-17-13-27-14-23-17/h1-2,4,6-7,9,13-14,16H,3,5,8,11-12H2. The summed E-state index contributed by atoms with van der Waals surface area (Å²) in [4.78, 5) is 23.8. The second-order valence-electron chi connectivity index (χ2n) is 6.64. The molecule has 1 aliphatic rings. The van der Waals surface area contributed by atoms with E-state index in [2.05, 4.69) is 20.6 Å². The Kier molecular flexibility index (Phi) is 4.99. The minimum absolute atomic E-state index is 0.0746. The van der Waals surface area contributed by atoms with E-state index in [4.69, 9.17) is 0 Å². The maximum absolute atomic E-state index is 13.0. The number of hydrogen-bond donors (Lipinski definition) is 0. The van der Waals surface area contributed by atoms with Crippen molar-refractivity contribution < 1.29 is 4.79 Å². The van der Waals surface area contributed by atoms with Gasteiger partial charge in [0.2, 0.25) is 0 Å². The van der Waals surface area contributed by atoms with E-state index < -0.39 is 0 Å². The number of carbonyl (C=O) groups excluding carboxylic acids is 1. The van der Waals surface area contributed by atoms with E-state index in [-0.39, 0.29) is 11.8 Å². The molecule has 3 heterocycles. The third-order valence-corrected chi connectivity index (χ3v) is 5.55. The summed E-state index contributed by atoms with van der Waals surface area (Å²) in [6.45, 7) is 2.02.